The number of aromatic nitrogens is 4. The first kappa shape index (κ1) is 20.1. The van der Waals surface area contributed by atoms with Crippen LogP contribution in [0.25, 0.3) is 22.2 Å². The van der Waals surface area contributed by atoms with Crippen molar-refractivity contribution in [1.82, 2.24) is 19.9 Å². The van der Waals surface area contributed by atoms with E-state index in [9.17, 15) is 4.79 Å². The molecular formula is C19H19ClIN5O3-. The predicted molar refractivity (Wildman–Crippen MR) is 105 cm³/mol. The second-order valence-corrected chi connectivity index (χ2v) is 8.91. The van der Waals surface area contributed by atoms with Gasteiger partial charge in [-0.3, -0.25) is 4.79 Å². The van der Waals surface area contributed by atoms with Gasteiger partial charge in [0.2, 0.25) is 11.8 Å². The number of H-pyrrole nitrogens is 1. The third-order valence-corrected chi connectivity index (χ3v) is 6.28. The summed E-state index contributed by atoms with van der Waals surface area (Å²) in [5.41, 5.74) is 2.63. The minimum absolute atomic E-state index is 0.123. The third kappa shape index (κ3) is 4.25. The van der Waals surface area contributed by atoms with Gasteiger partial charge in [0.05, 0.1) is 28.7 Å². The molecule has 3 heterocycles. The number of anilines is 1. The number of esters is 1. The fourth-order valence-electron chi connectivity index (χ4n) is 3.30. The second kappa shape index (κ2) is 8.31. The van der Waals surface area contributed by atoms with Crippen molar-refractivity contribution in [2.24, 2.45) is 0 Å². The molecule has 0 bridgehead atoms. The van der Waals surface area contributed by atoms with E-state index in [1.807, 2.05) is 0 Å². The first-order valence-electron chi connectivity index (χ1n) is 9.12. The highest BCUT2D eigenvalue weighted by atomic mass is 127. The third-order valence-electron chi connectivity index (χ3n) is 4.72. The van der Waals surface area contributed by atoms with Gasteiger partial charge in [-0.2, -0.15) is 13.9 Å². The van der Waals surface area contributed by atoms with E-state index < -0.39 is 5.97 Å². The van der Waals surface area contributed by atoms with Gasteiger partial charge >= 0.3 is 12.0 Å². The summed E-state index contributed by atoms with van der Waals surface area (Å²) < 4.78 is 11.3. The maximum Gasteiger partial charge on any atom is 0.310 e. The number of alkyl halides is 1. The number of benzene rings is 1. The van der Waals surface area contributed by atoms with Crippen molar-refractivity contribution in [2.45, 2.75) is 23.7 Å². The molecule has 1 aliphatic rings. The predicted octanol–water partition coefficient (Wildman–Crippen LogP) is 0.129. The number of carbonyl (C=O) groups excluding carboxylic acids is 1. The largest absolute Gasteiger partial charge is 0.793 e. The number of piperidine rings is 1. The van der Waals surface area contributed by atoms with Crippen LogP contribution < -0.4 is 37.0 Å². The van der Waals surface area contributed by atoms with Gasteiger partial charge in [-0.05, 0) is 12.1 Å². The highest BCUT2D eigenvalue weighted by Crippen LogP contribution is 2.37. The SMILES string of the molecule is COc1nc(N2CCC([I-])CC2)ncc1-c1cc2nc(OC(C)=O)[nH]c2cc1Cl. The van der Waals surface area contributed by atoms with Crippen LogP contribution in [0.4, 0.5) is 5.95 Å². The summed E-state index contributed by atoms with van der Waals surface area (Å²) >= 11 is 9.00. The molecule has 29 heavy (non-hydrogen) atoms. The molecule has 1 saturated heterocycles. The van der Waals surface area contributed by atoms with Gasteiger partial charge in [0.1, 0.15) is 0 Å². The van der Waals surface area contributed by atoms with Crippen molar-refractivity contribution in [1.29, 1.82) is 0 Å². The summed E-state index contributed by atoms with van der Waals surface area (Å²) in [4.78, 5) is 29.7. The van der Waals surface area contributed by atoms with Crippen molar-refractivity contribution in [3.8, 4) is 23.0 Å². The van der Waals surface area contributed by atoms with Crippen LogP contribution in [-0.4, -0.2) is 50.0 Å². The maximum atomic E-state index is 11.2. The Morgan fingerprint density at radius 3 is 2.72 bits per heavy atom. The normalized spacial score (nSPS) is 15.0. The molecule has 0 saturated carbocycles. The van der Waals surface area contributed by atoms with Gasteiger partial charge in [0, 0.05) is 31.8 Å². The fraction of sp³-hybridized carbons (Fsp3) is 0.368. The first-order chi connectivity index (χ1) is 13.9. The standard InChI is InChI=1S/C19H19ClIN5O3/c1-10(27)29-19-23-15-7-12(14(20)8-16(15)24-19)13-9-22-18(25-17(13)28-2)26-5-3-11(21)4-6-26/h7-9,11H,3-6H2,1-2H3,(H,23,24)/q-1. The highest BCUT2D eigenvalue weighted by molar-refractivity contribution is 6.34. The number of fused-ring (bicyclic) bond motifs is 1. The van der Waals surface area contributed by atoms with Crippen LogP contribution in [0.2, 0.25) is 5.02 Å². The number of aromatic amines is 1. The number of methoxy groups -OCH3 is 1. The summed E-state index contributed by atoms with van der Waals surface area (Å²) in [5.74, 6) is 0.652. The summed E-state index contributed by atoms with van der Waals surface area (Å²) in [5, 5.41) is 0.482. The van der Waals surface area contributed by atoms with Crippen molar-refractivity contribution >= 4 is 34.6 Å². The van der Waals surface area contributed by atoms with Gasteiger partial charge in [0.15, 0.2) is 0 Å². The molecule has 1 radical (unpaired) electrons. The molecule has 4 rings (SSSR count). The Balaban J connectivity index is 1.70. The Hall–Kier alpha value is -2.14. The number of hydrogen-bond acceptors (Lipinski definition) is 7. The van der Waals surface area contributed by atoms with Crippen LogP contribution in [0.1, 0.15) is 19.8 Å². The van der Waals surface area contributed by atoms with Crippen LogP contribution in [0.5, 0.6) is 11.9 Å². The van der Waals surface area contributed by atoms with E-state index in [0.717, 1.165) is 25.9 Å². The van der Waals surface area contributed by atoms with Crippen LogP contribution in [0.15, 0.2) is 18.3 Å². The average molecular weight is 528 g/mol. The van der Waals surface area contributed by atoms with E-state index >= 15 is 0 Å². The summed E-state index contributed by atoms with van der Waals surface area (Å²) in [6.07, 6.45) is 3.95. The lowest BCUT2D eigenvalue weighted by molar-refractivity contribution is -0.423. The summed E-state index contributed by atoms with van der Waals surface area (Å²) in [6, 6.07) is 3.65. The zero-order chi connectivity index (χ0) is 20.5. The molecule has 153 valence electrons. The van der Waals surface area contributed by atoms with Crippen LogP contribution in [-0.2, 0) is 4.79 Å². The highest BCUT2D eigenvalue weighted by Gasteiger charge is 2.20. The topological polar surface area (TPSA) is 93.2 Å². The van der Waals surface area contributed by atoms with E-state index in [2.05, 4.69) is 47.4 Å². The number of nitrogens with zero attached hydrogens (tertiary/aromatic N) is 4. The number of rotatable bonds is 4. The Morgan fingerprint density at radius 1 is 1.28 bits per heavy atom. The maximum absolute atomic E-state index is 11.2. The smallest absolute Gasteiger partial charge is 0.310 e. The van der Waals surface area contributed by atoms with E-state index in [0.29, 0.717) is 42.9 Å². The van der Waals surface area contributed by atoms with Crippen molar-refractivity contribution in [2.75, 3.05) is 25.1 Å². The van der Waals surface area contributed by atoms with Crippen molar-refractivity contribution in [3.05, 3.63) is 23.4 Å². The molecule has 1 N–H and O–H groups in total. The molecule has 0 atom stereocenters. The number of imidazole rings is 1. The molecule has 10 heteroatoms. The molecule has 2 aromatic heterocycles. The van der Waals surface area contributed by atoms with E-state index in [-0.39, 0.29) is 6.01 Å². The zero-order valence-electron chi connectivity index (χ0n) is 15.9. The molecule has 1 aliphatic heterocycles. The van der Waals surface area contributed by atoms with Gasteiger partial charge < -0.3 is 41.9 Å². The van der Waals surface area contributed by atoms with Gasteiger partial charge in [0.25, 0.3) is 0 Å². The second-order valence-electron chi connectivity index (χ2n) is 6.74. The fourth-order valence-corrected chi connectivity index (χ4v) is 4.12. The molecule has 0 aliphatic carbocycles. The Bertz CT molecular complexity index is 1070. The molecule has 0 unspecified atom stereocenters. The number of carbonyl (C=O) groups is 1. The van der Waals surface area contributed by atoms with Crippen LogP contribution >= 0.6 is 11.6 Å². The van der Waals surface area contributed by atoms with Gasteiger partial charge in [-0.15, -0.1) is 0 Å². The zero-order valence-corrected chi connectivity index (χ0v) is 18.8. The Labute approximate surface area is 186 Å². The first-order valence-corrected chi connectivity index (χ1v) is 10.7. The molecular weight excluding hydrogens is 509 g/mol. The summed E-state index contributed by atoms with van der Waals surface area (Å²) in [6.45, 7) is 3.17. The number of halogens is 2. The van der Waals surface area contributed by atoms with Crippen molar-refractivity contribution in [3.63, 3.8) is 0 Å². The number of nitrogens with one attached hydrogen (secondary N) is 1. The Kier molecular flexibility index (Phi) is 5.77. The average Bonchev–Trinajstić information content (AvgIpc) is 3.07. The molecule has 1 aromatic carbocycles. The van der Waals surface area contributed by atoms with Gasteiger partial charge in [-0.25, -0.2) is 4.98 Å². The molecule has 1 fully saturated rings. The summed E-state index contributed by atoms with van der Waals surface area (Å²) in [7, 11) is 1.58. The number of hydrogen-bond donors (Lipinski definition) is 1. The molecule has 8 nitrogen and oxygen atoms in total. The Morgan fingerprint density at radius 2 is 2.03 bits per heavy atom. The lowest BCUT2D eigenvalue weighted by Gasteiger charge is -2.35. The van der Waals surface area contributed by atoms with E-state index in [1.165, 1.54) is 6.92 Å². The van der Waals surface area contributed by atoms with E-state index in [4.69, 9.17) is 21.1 Å². The van der Waals surface area contributed by atoms with Gasteiger partial charge in [-0.1, -0.05) is 24.4 Å². The lowest BCUT2D eigenvalue weighted by Crippen LogP contribution is -3.39. The minimum atomic E-state index is -0.451. The minimum Gasteiger partial charge on any atom is -0.793 e. The van der Waals surface area contributed by atoms with Crippen molar-refractivity contribution < 1.29 is 36.9 Å². The number of ether oxygens (including phenoxy) is 2. The monoisotopic (exact) mass is 527 g/mol. The van der Waals surface area contributed by atoms with Crippen LogP contribution in [0.3, 0.4) is 0 Å². The lowest BCUT2D eigenvalue weighted by atomic mass is 10.1. The quantitative estimate of drug-likeness (QED) is 0.293. The molecule has 0 spiro atoms. The molecule has 3 aromatic rings. The van der Waals surface area contributed by atoms with E-state index in [1.54, 1.807) is 25.4 Å². The molecule has 0 amide bonds. The van der Waals surface area contributed by atoms with Crippen LogP contribution in [0, 0.1) is 0 Å².